The molecule has 0 radical (unpaired) electrons. The summed E-state index contributed by atoms with van der Waals surface area (Å²) < 4.78 is 4.73. The molecule has 0 aliphatic rings. The van der Waals surface area contributed by atoms with Gasteiger partial charge in [-0.25, -0.2) is 0 Å². The highest BCUT2D eigenvalue weighted by Gasteiger charge is 2.18. The molecule has 2 nitrogen and oxygen atoms in total. The second-order valence-corrected chi connectivity index (χ2v) is 8.15. The molecule has 9 heavy (non-hydrogen) atoms. The third-order valence-electron chi connectivity index (χ3n) is 1.21. The molecular weight excluding hydrogens is 130 g/mol. The van der Waals surface area contributed by atoms with Crippen molar-refractivity contribution in [3.63, 3.8) is 0 Å². The highest BCUT2D eigenvalue weighted by Crippen LogP contribution is 1.98. The van der Waals surface area contributed by atoms with Crippen LogP contribution >= 0.6 is 0 Å². The third kappa shape index (κ3) is 1.42. The molecule has 0 aliphatic carbocycles. The molecule has 0 bridgehead atoms. The lowest BCUT2D eigenvalue weighted by Crippen LogP contribution is -2.38. The van der Waals surface area contributed by atoms with Gasteiger partial charge >= 0.3 is 0 Å². The largest absolute Gasteiger partial charge is 0.365 e. The molecule has 50 valence electrons. The van der Waals surface area contributed by atoms with Crippen molar-refractivity contribution in [1.82, 2.24) is 5.16 Å². The molecule has 0 aliphatic heterocycles. The van der Waals surface area contributed by atoms with Gasteiger partial charge in [0, 0.05) is 0 Å². The summed E-state index contributed by atoms with van der Waals surface area (Å²) in [5, 5.41) is 5.02. The van der Waals surface area contributed by atoms with E-state index in [-0.39, 0.29) is 0 Å². The van der Waals surface area contributed by atoms with Crippen LogP contribution < -0.4 is 5.32 Å². The van der Waals surface area contributed by atoms with E-state index in [0.717, 1.165) is 5.32 Å². The molecule has 0 saturated carbocycles. The Balaban J connectivity index is 2.90. The Kier molecular flexibility index (Phi) is 1.44. The Labute approximate surface area is 55.9 Å². The van der Waals surface area contributed by atoms with Crippen molar-refractivity contribution in [3.05, 3.63) is 12.3 Å². The van der Waals surface area contributed by atoms with Gasteiger partial charge in [-0.15, -0.1) is 0 Å². The zero-order chi connectivity index (χ0) is 6.91. The van der Waals surface area contributed by atoms with Crippen molar-refractivity contribution in [1.29, 1.82) is 0 Å². The monoisotopic (exact) mass is 141 g/mol. The minimum Gasteiger partial charge on any atom is -0.365 e. The van der Waals surface area contributed by atoms with E-state index in [1.165, 1.54) is 0 Å². The van der Waals surface area contributed by atoms with Gasteiger partial charge in [-0.2, -0.15) is 0 Å². The summed E-state index contributed by atoms with van der Waals surface area (Å²) in [4.78, 5) is 0. The van der Waals surface area contributed by atoms with Gasteiger partial charge in [-0.05, 0) is 6.07 Å². The van der Waals surface area contributed by atoms with Crippen LogP contribution in [0.1, 0.15) is 0 Å². The highest BCUT2D eigenvalue weighted by atomic mass is 28.3. The van der Waals surface area contributed by atoms with Gasteiger partial charge in [-0.1, -0.05) is 24.8 Å². The molecule has 0 spiro atoms. The summed E-state index contributed by atoms with van der Waals surface area (Å²) in [6.45, 7) is 6.72. The molecule has 1 heterocycles. The van der Waals surface area contributed by atoms with Gasteiger partial charge in [-0.3, -0.25) is 0 Å². The average molecular weight is 141 g/mol. The number of aromatic nitrogens is 1. The lowest BCUT2D eigenvalue weighted by molar-refractivity contribution is 0.424. The quantitative estimate of drug-likeness (QED) is 0.550. The van der Waals surface area contributed by atoms with Crippen molar-refractivity contribution in [2.75, 3.05) is 0 Å². The van der Waals surface area contributed by atoms with Gasteiger partial charge in [0.25, 0.3) is 0 Å². The van der Waals surface area contributed by atoms with Crippen molar-refractivity contribution in [3.8, 4) is 0 Å². The van der Waals surface area contributed by atoms with Gasteiger partial charge in [0.15, 0.2) is 0 Å². The normalized spacial score (nSPS) is 11.9. The topological polar surface area (TPSA) is 26.0 Å². The van der Waals surface area contributed by atoms with E-state index >= 15 is 0 Å². The summed E-state index contributed by atoms with van der Waals surface area (Å²) in [7, 11) is -1.19. The van der Waals surface area contributed by atoms with Gasteiger partial charge < -0.3 is 4.52 Å². The number of nitrogens with zero attached hydrogens (tertiary/aromatic N) is 1. The van der Waals surface area contributed by atoms with Crippen LogP contribution in [0, 0.1) is 0 Å². The zero-order valence-corrected chi connectivity index (χ0v) is 7.01. The summed E-state index contributed by atoms with van der Waals surface area (Å²) in [6.07, 6.45) is 1.63. The standard InChI is InChI=1S/C6H11NOSi/c1-9(2,3)6-4-5-8-7-6/h4-5H,1-3H3. The second-order valence-electron chi connectivity index (χ2n) is 3.13. The van der Waals surface area contributed by atoms with Crippen LogP contribution in [0.25, 0.3) is 0 Å². The van der Waals surface area contributed by atoms with Crippen molar-refractivity contribution in [2.45, 2.75) is 19.6 Å². The number of hydrogen-bond acceptors (Lipinski definition) is 2. The maximum atomic E-state index is 4.73. The van der Waals surface area contributed by atoms with E-state index in [4.69, 9.17) is 4.52 Å². The van der Waals surface area contributed by atoms with Crippen molar-refractivity contribution < 1.29 is 4.52 Å². The highest BCUT2D eigenvalue weighted by molar-refractivity contribution is 6.88. The van der Waals surface area contributed by atoms with Crippen LogP contribution in [0.2, 0.25) is 19.6 Å². The van der Waals surface area contributed by atoms with Crippen LogP contribution in [-0.2, 0) is 0 Å². The Hall–Kier alpha value is -0.573. The summed E-state index contributed by atoms with van der Waals surface area (Å²) in [5.74, 6) is 0. The molecule has 0 amide bonds. The van der Waals surface area contributed by atoms with E-state index in [2.05, 4.69) is 24.8 Å². The fourth-order valence-corrected chi connectivity index (χ4v) is 1.49. The lowest BCUT2D eigenvalue weighted by Gasteiger charge is -2.09. The zero-order valence-electron chi connectivity index (χ0n) is 6.01. The predicted molar refractivity (Wildman–Crippen MR) is 39.5 cm³/mol. The van der Waals surface area contributed by atoms with E-state index < -0.39 is 8.07 Å². The van der Waals surface area contributed by atoms with E-state index in [9.17, 15) is 0 Å². The molecule has 1 rings (SSSR count). The molecule has 1 aromatic heterocycles. The minimum absolute atomic E-state index is 1.14. The van der Waals surface area contributed by atoms with Gasteiger partial charge in [0.05, 0.1) is 5.32 Å². The molecule has 0 unspecified atom stereocenters. The molecule has 0 fully saturated rings. The Morgan fingerprint density at radius 1 is 1.44 bits per heavy atom. The smallest absolute Gasteiger partial charge is 0.123 e. The fraction of sp³-hybridized carbons (Fsp3) is 0.500. The Morgan fingerprint density at radius 3 is 2.33 bits per heavy atom. The molecule has 0 aromatic carbocycles. The fourth-order valence-electron chi connectivity index (χ4n) is 0.599. The lowest BCUT2D eigenvalue weighted by atomic mass is 10.8. The minimum atomic E-state index is -1.19. The molecule has 0 saturated heterocycles. The van der Waals surface area contributed by atoms with Crippen LogP contribution in [0.15, 0.2) is 16.9 Å². The van der Waals surface area contributed by atoms with Crippen LogP contribution in [0.5, 0.6) is 0 Å². The Morgan fingerprint density at radius 2 is 2.11 bits per heavy atom. The van der Waals surface area contributed by atoms with E-state index in [1.54, 1.807) is 6.26 Å². The Bertz CT molecular complexity index is 175. The van der Waals surface area contributed by atoms with Crippen LogP contribution in [0.3, 0.4) is 0 Å². The van der Waals surface area contributed by atoms with Crippen molar-refractivity contribution in [2.24, 2.45) is 0 Å². The summed E-state index contributed by atoms with van der Waals surface area (Å²) >= 11 is 0. The number of rotatable bonds is 1. The maximum Gasteiger partial charge on any atom is 0.123 e. The van der Waals surface area contributed by atoms with E-state index in [0.29, 0.717) is 0 Å². The molecule has 1 aromatic rings. The summed E-state index contributed by atoms with van der Waals surface area (Å²) in [5.41, 5.74) is 0. The predicted octanol–water partition coefficient (Wildman–Crippen LogP) is 1.22. The SMILES string of the molecule is C[Si](C)(C)c1ccon1. The molecule has 0 atom stereocenters. The first-order valence-corrected chi connectivity index (χ1v) is 6.51. The second kappa shape index (κ2) is 1.99. The van der Waals surface area contributed by atoms with Gasteiger partial charge in [0.2, 0.25) is 0 Å². The summed E-state index contributed by atoms with van der Waals surface area (Å²) in [6, 6.07) is 1.95. The molecular formula is C6H11NOSi. The number of hydrogen-bond donors (Lipinski definition) is 0. The van der Waals surface area contributed by atoms with Crippen LogP contribution in [0.4, 0.5) is 0 Å². The van der Waals surface area contributed by atoms with Crippen molar-refractivity contribution >= 4 is 13.4 Å². The first-order valence-electron chi connectivity index (χ1n) is 3.01. The maximum absolute atomic E-state index is 4.73. The van der Waals surface area contributed by atoms with E-state index in [1.807, 2.05) is 6.07 Å². The first-order chi connectivity index (χ1) is 4.11. The molecule has 0 N–H and O–H groups in total. The molecule has 3 heteroatoms. The van der Waals surface area contributed by atoms with Gasteiger partial charge in [0.1, 0.15) is 14.3 Å². The van der Waals surface area contributed by atoms with Crippen LogP contribution in [-0.4, -0.2) is 13.2 Å². The third-order valence-corrected chi connectivity index (χ3v) is 3.00. The first kappa shape index (κ1) is 6.55. The average Bonchev–Trinajstić information content (AvgIpc) is 2.08.